The lowest BCUT2D eigenvalue weighted by atomic mass is 9.93. The predicted molar refractivity (Wildman–Crippen MR) is 80.5 cm³/mol. The van der Waals surface area contributed by atoms with Crippen LogP contribution in [-0.2, 0) is 11.0 Å². The molecule has 2 aromatic rings. The van der Waals surface area contributed by atoms with Crippen LogP contribution in [0, 0.1) is 0 Å². The molecular formula is C15H21N3O4. The molecule has 0 aliphatic carbocycles. The maximum absolute atomic E-state index is 11.8. The molecule has 0 fully saturated rings. The van der Waals surface area contributed by atoms with Crippen molar-refractivity contribution >= 4 is 11.8 Å². The summed E-state index contributed by atoms with van der Waals surface area (Å²) in [6.45, 7) is 7.50. The molecular weight excluding hydrogens is 286 g/mol. The van der Waals surface area contributed by atoms with Gasteiger partial charge in [0.25, 0.3) is 0 Å². The van der Waals surface area contributed by atoms with E-state index < -0.39 is 11.6 Å². The smallest absolute Gasteiger partial charge is 0.320 e. The number of hydrogen-bond donors (Lipinski definition) is 3. The fourth-order valence-corrected chi connectivity index (χ4v) is 1.77. The van der Waals surface area contributed by atoms with E-state index in [4.69, 9.17) is 8.94 Å². The Morgan fingerprint density at radius 2 is 2.05 bits per heavy atom. The highest BCUT2D eigenvalue weighted by atomic mass is 16.5. The summed E-state index contributed by atoms with van der Waals surface area (Å²) in [5, 5.41) is 19.1. The Morgan fingerprint density at radius 3 is 2.59 bits per heavy atom. The van der Waals surface area contributed by atoms with Crippen molar-refractivity contribution in [3.8, 4) is 0 Å². The fraction of sp³-hybridized carbons (Fsp3) is 0.467. The maximum atomic E-state index is 11.8. The predicted octanol–water partition coefficient (Wildman–Crippen LogP) is 2.59. The average Bonchev–Trinajstić information content (AvgIpc) is 3.06. The molecule has 120 valence electrons. The summed E-state index contributed by atoms with van der Waals surface area (Å²) in [4.78, 5) is 11.8. The van der Waals surface area contributed by atoms with Gasteiger partial charge in [-0.1, -0.05) is 25.9 Å². The molecule has 0 aromatic carbocycles. The number of nitrogens with one attached hydrogen (secondary N) is 2. The van der Waals surface area contributed by atoms with Crippen molar-refractivity contribution in [1.82, 2.24) is 10.5 Å². The van der Waals surface area contributed by atoms with Crippen molar-refractivity contribution in [1.29, 1.82) is 0 Å². The van der Waals surface area contributed by atoms with Crippen LogP contribution >= 0.6 is 0 Å². The molecule has 0 radical (unpaired) electrons. The quantitative estimate of drug-likeness (QED) is 0.806. The minimum atomic E-state index is -1.29. The summed E-state index contributed by atoms with van der Waals surface area (Å²) in [5.41, 5.74) is -1.48. The number of carbonyl (C=O) groups is 1. The molecule has 7 nitrogen and oxygen atoms in total. The van der Waals surface area contributed by atoms with Crippen LogP contribution in [0.5, 0.6) is 0 Å². The van der Waals surface area contributed by atoms with Crippen LogP contribution in [0.4, 0.5) is 10.6 Å². The Hall–Kier alpha value is -2.28. The van der Waals surface area contributed by atoms with Gasteiger partial charge in [-0.15, -0.1) is 0 Å². The van der Waals surface area contributed by atoms with Crippen molar-refractivity contribution in [2.75, 3.05) is 11.9 Å². The lowest BCUT2D eigenvalue weighted by Crippen LogP contribution is -2.40. The minimum absolute atomic E-state index is 0.00364. The monoisotopic (exact) mass is 307 g/mol. The summed E-state index contributed by atoms with van der Waals surface area (Å²) in [6, 6.07) is 4.50. The van der Waals surface area contributed by atoms with E-state index in [9.17, 15) is 9.90 Å². The van der Waals surface area contributed by atoms with Gasteiger partial charge in [-0.05, 0) is 19.1 Å². The first-order chi connectivity index (χ1) is 10.2. The Balaban J connectivity index is 1.90. The summed E-state index contributed by atoms with van der Waals surface area (Å²) in [6.07, 6.45) is 1.47. The Labute approximate surface area is 128 Å². The van der Waals surface area contributed by atoms with Gasteiger partial charge in [-0.2, -0.15) is 0 Å². The molecule has 0 spiro atoms. The standard InChI is InChI=1S/C15H21N3O4/c1-14(2,3)11-8-12(18-22-11)17-13(19)16-9-15(4,20)10-6-5-7-21-10/h5-8,20H,9H2,1-4H3,(H2,16,17,18,19). The number of nitrogens with zero attached hydrogens (tertiary/aromatic N) is 1. The van der Waals surface area contributed by atoms with E-state index in [1.54, 1.807) is 25.1 Å². The Morgan fingerprint density at radius 1 is 1.32 bits per heavy atom. The number of furan rings is 1. The second kappa shape index (κ2) is 5.84. The fourth-order valence-electron chi connectivity index (χ4n) is 1.77. The molecule has 1 atom stereocenters. The Kier molecular flexibility index (Phi) is 4.27. The van der Waals surface area contributed by atoms with E-state index in [1.165, 1.54) is 6.26 Å². The second-order valence-electron chi connectivity index (χ2n) is 6.39. The zero-order valence-electron chi connectivity index (χ0n) is 13.1. The van der Waals surface area contributed by atoms with Crippen LogP contribution in [0.25, 0.3) is 0 Å². The van der Waals surface area contributed by atoms with Crippen LogP contribution in [0.1, 0.15) is 39.2 Å². The molecule has 2 amide bonds. The number of aliphatic hydroxyl groups is 1. The molecule has 0 aliphatic rings. The number of anilines is 1. The van der Waals surface area contributed by atoms with Gasteiger partial charge in [0.05, 0.1) is 12.8 Å². The second-order valence-corrected chi connectivity index (χ2v) is 6.39. The van der Waals surface area contributed by atoms with Gasteiger partial charge in [0.2, 0.25) is 0 Å². The molecule has 2 rings (SSSR count). The van der Waals surface area contributed by atoms with Gasteiger partial charge < -0.3 is 19.4 Å². The van der Waals surface area contributed by atoms with Gasteiger partial charge in [0.15, 0.2) is 5.82 Å². The Bertz CT molecular complexity index is 624. The summed E-state index contributed by atoms with van der Waals surface area (Å²) < 4.78 is 10.3. The van der Waals surface area contributed by atoms with E-state index in [-0.39, 0.29) is 12.0 Å². The lowest BCUT2D eigenvalue weighted by Gasteiger charge is -2.20. The minimum Gasteiger partial charge on any atom is -0.466 e. The van der Waals surface area contributed by atoms with Gasteiger partial charge >= 0.3 is 6.03 Å². The lowest BCUT2D eigenvalue weighted by molar-refractivity contribution is 0.0372. The number of hydrogen-bond acceptors (Lipinski definition) is 5. The normalized spacial score (nSPS) is 14.4. The van der Waals surface area contributed by atoms with Crippen LogP contribution < -0.4 is 10.6 Å². The zero-order chi connectivity index (χ0) is 16.4. The third kappa shape index (κ3) is 3.88. The third-order valence-electron chi connectivity index (χ3n) is 3.14. The SMILES string of the molecule is CC(C)(C)c1cc(NC(=O)NCC(C)(O)c2ccco2)no1. The van der Waals surface area contributed by atoms with Gasteiger partial charge in [0.1, 0.15) is 17.1 Å². The van der Waals surface area contributed by atoms with E-state index >= 15 is 0 Å². The van der Waals surface area contributed by atoms with Crippen molar-refractivity contribution in [2.24, 2.45) is 0 Å². The summed E-state index contributed by atoms with van der Waals surface area (Å²) in [5.74, 6) is 1.37. The molecule has 0 bridgehead atoms. The molecule has 3 N–H and O–H groups in total. The van der Waals surface area contributed by atoms with E-state index in [1.807, 2.05) is 20.8 Å². The van der Waals surface area contributed by atoms with Crippen molar-refractivity contribution in [3.63, 3.8) is 0 Å². The number of carbonyl (C=O) groups excluding carboxylic acids is 1. The highest BCUT2D eigenvalue weighted by molar-refractivity contribution is 5.88. The van der Waals surface area contributed by atoms with Crippen molar-refractivity contribution in [3.05, 3.63) is 36.0 Å². The zero-order valence-corrected chi connectivity index (χ0v) is 13.1. The number of aromatic nitrogens is 1. The first-order valence-electron chi connectivity index (χ1n) is 6.97. The van der Waals surface area contributed by atoms with Gasteiger partial charge in [-0.25, -0.2) is 4.79 Å². The van der Waals surface area contributed by atoms with Crippen LogP contribution in [0.15, 0.2) is 33.4 Å². The summed E-state index contributed by atoms with van der Waals surface area (Å²) >= 11 is 0. The number of rotatable bonds is 4. The molecule has 22 heavy (non-hydrogen) atoms. The van der Waals surface area contributed by atoms with E-state index in [2.05, 4.69) is 15.8 Å². The first-order valence-corrected chi connectivity index (χ1v) is 6.97. The first kappa shape index (κ1) is 16.1. The van der Waals surface area contributed by atoms with Gasteiger partial charge in [0, 0.05) is 11.5 Å². The number of amides is 2. The van der Waals surface area contributed by atoms with Crippen LogP contribution in [0.3, 0.4) is 0 Å². The third-order valence-corrected chi connectivity index (χ3v) is 3.14. The highest BCUT2D eigenvalue weighted by Gasteiger charge is 2.27. The molecule has 1 unspecified atom stereocenters. The molecule has 0 saturated carbocycles. The van der Waals surface area contributed by atoms with Crippen LogP contribution in [0.2, 0.25) is 0 Å². The number of urea groups is 1. The molecule has 2 heterocycles. The molecule has 0 aliphatic heterocycles. The largest absolute Gasteiger partial charge is 0.466 e. The molecule has 0 saturated heterocycles. The van der Waals surface area contributed by atoms with Gasteiger partial charge in [-0.3, -0.25) is 5.32 Å². The maximum Gasteiger partial charge on any atom is 0.320 e. The van der Waals surface area contributed by atoms with Crippen molar-refractivity contribution in [2.45, 2.75) is 38.7 Å². The summed E-state index contributed by atoms with van der Waals surface area (Å²) in [7, 11) is 0. The highest BCUT2D eigenvalue weighted by Crippen LogP contribution is 2.24. The molecule has 2 aromatic heterocycles. The average molecular weight is 307 g/mol. The van der Waals surface area contributed by atoms with E-state index in [0.717, 1.165) is 0 Å². The van der Waals surface area contributed by atoms with E-state index in [0.29, 0.717) is 17.3 Å². The van der Waals surface area contributed by atoms with Crippen molar-refractivity contribution < 1.29 is 18.8 Å². The topological polar surface area (TPSA) is 101 Å². The molecule has 7 heteroatoms. The van der Waals surface area contributed by atoms with Crippen LogP contribution in [-0.4, -0.2) is 22.8 Å².